The SMILES string of the molecule is O=C(CN1CCc2ccccc2C1)NC[C@H]1[C@@H]2CNC[C@@H](C2)c2cccc(=O)n21. The highest BCUT2D eigenvalue weighted by atomic mass is 16.2. The summed E-state index contributed by atoms with van der Waals surface area (Å²) in [4.78, 5) is 27.5. The molecule has 29 heavy (non-hydrogen) atoms. The summed E-state index contributed by atoms with van der Waals surface area (Å²) >= 11 is 0. The molecule has 1 saturated heterocycles. The number of benzene rings is 1. The number of carbonyl (C=O) groups excluding carboxylic acids is 1. The zero-order valence-corrected chi connectivity index (χ0v) is 16.6. The molecule has 3 aliphatic heterocycles. The summed E-state index contributed by atoms with van der Waals surface area (Å²) in [5, 5.41) is 6.63. The largest absolute Gasteiger partial charge is 0.353 e. The molecule has 6 heteroatoms. The van der Waals surface area contributed by atoms with E-state index < -0.39 is 0 Å². The van der Waals surface area contributed by atoms with Crippen molar-refractivity contribution in [1.29, 1.82) is 0 Å². The van der Waals surface area contributed by atoms with Crippen LogP contribution in [0.2, 0.25) is 0 Å². The number of carbonyl (C=O) groups is 1. The topological polar surface area (TPSA) is 66.4 Å². The van der Waals surface area contributed by atoms with E-state index in [-0.39, 0.29) is 17.5 Å². The van der Waals surface area contributed by atoms with Gasteiger partial charge in [0.1, 0.15) is 0 Å². The van der Waals surface area contributed by atoms with E-state index in [0.717, 1.165) is 44.7 Å². The molecule has 3 atom stereocenters. The third-order valence-corrected chi connectivity index (χ3v) is 6.79. The number of rotatable bonds is 4. The van der Waals surface area contributed by atoms with Crippen LogP contribution in [0.1, 0.15) is 35.2 Å². The Labute approximate surface area is 170 Å². The van der Waals surface area contributed by atoms with Gasteiger partial charge in [0.25, 0.3) is 5.56 Å². The maximum atomic E-state index is 12.7. The Morgan fingerprint density at radius 2 is 1.97 bits per heavy atom. The monoisotopic (exact) mass is 392 g/mol. The molecule has 4 heterocycles. The Balaban J connectivity index is 1.25. The van der Waals surface area contributed by atoms with Crippen LogP contribution in [0, 0.1) is 5.92 Å². The maximum absolute atomic E-state index is 12.7. The number of hydrogen-bond donors (Lipinski definition) is 2. The maximum Gasteiger partial charge on any atom is 0.251 e. The molecular weight excluding hydrogens is 364 g/mol. The molecule has 0 saturated carbocycles. The molecule has 1 amide bonds. The van der Waals surface area contributed by atoms with E-state index in [4.69, 9.17) is 0 Å². The molecule has 0 spiro atoms. The fraction of sp³-hybridized carbons (Fsp3) is 0.478. The van der Waals surface area contributed by atoms with Gasteiger partial charge in [-0.1, -0.05) is 30.3 Å². The van der Waals surface area contributed by atoms with Gasteiger partial charge in [-0.15, -0.1) is 0 Å². The van der Waals surface area contributed by atoms with E-state index in [9.17, 15) is 9.59 Å². The van der Waals surface area contributed by atoms with Crippen molar-refractivity contribution >= 4 is 5.91 Å². The first kappa shape index (κ1) is 18.6. The summed E-state index contributed by atoms with van der Waals surface area (Å²) < 4.78 is 1.94. The van der Waals surface area contributed by atoms with Gasteiger partial charge in [0.2, 0.25) is 5.91 Å². The van der Waals surface area contributed by atoms with Crippen molar-refractivity contribution < 1.29 is 4.79 Å². The van der Waals surface area contributed by atoms with Gasteiger partial charge in [0.15, 0.2) is 0 Å². The third-order valence-electron chi connectivity index (χ3n) is 6.79. The van der Waals surface area contributed by atoms with Crippen LogP contribution in [0.3, 0.4) is 0 Å². The molecule has 0 radical (unpaired) electrons. The van der Waals surface area contributed by atoms with Crippen molar-refractivity contribution in [1.82, 2.24) is 20.1 Å². The molecule has 5 rings (SSSR count). The summed E-state index contributed by atoms with van der Waals surface area (Å²) in [6, 6.07) is 14.0. The van der Waals surface area contributed by atoms with E-state index in [0.29, 0.717) is 24.9 Å². The van der Waals surface area contributed by atoms with Gasteiger partial charge >= 0.3 is 0 Å². The van der Waals surface area contributed by atoms with Crippen molar-refractivity contribution in [2.75, 3.05) is 32.7 Å². The first-order valence-corrected chi connectivity index (χ1v) is 10.7. The molecule has 2 aromatic rings. The minimum absolute atomic E-state index is 0.0220. The van der Waals surface area contributed by atoms with Gasteiger partial charge in [-0.25, -0.2) is 0 Å². The van der Waals surface area contributed by atoms with Crippen molar-refractivity contribution in [3.05, 3.63) is 69.6 Å². The average molecular weight is 393 g/mol. The zero-order chi connectivity index (χ0) is 19.8. The third kappa shape index (κ3) is 3.63. The zero-order valence-electron chi connectivity index (χ0n) is 16.6. The van der Waals surface area contributed by atoms with Gasteiger partial charge < -0.3 is 15.2 Å². The van der Waals surface area contributed by atoms with E-state index in [1.807, 2.05) is 10.6 Å². The lowest BCUT2D eigenvalue weighted by atomic mass is 9.79. The normalized spacial score (nSPS) is 25.7. The van der Waals surface area contributed by atoms with Crippen molar-refractivity contribution in [2.45, 2.75) is 31.3 Å². The first-order valence-electron chi connectivity index (χ1n) is 10.7. The summed E-state index contributed by atoms with van der Waals surface area (Å²) in [6.45, 7) is 4.48. The molecule has 2 N–H and O–H groups in total. The first-order chi connectivity index (χ1) is 14.2. The highest BCUT2D eigenvalue weighted by molar-refractivity contribution is 5.78. The average Bonchev–Trinajstić information content (AvgIpc) is 2.74. The molecule has 3 aliphatic rings. The summed E-state index contributed by atoms with van der Waals surface area (Å²) in [5.41, 5.74) is 3.86. The molecule has 0 unspecified atom stereocenters. The van der Waals surface area contributed by atoms with Crippen molar-refractivity contribution in [3.63, 3.8) is 0 Å². The van der Waals surface area contributed by atoms with E-state index >= 15 is 0 Å². The number of fused-ring (bicyclic) bond motifs is 5. The van der Waals surface area contributed by atoms with E-state index in [1.54, 1.807) is 6.07 Å². The van der Waals surface area contributed by atoms with Crippen molar-refractivity contribution in [3.8, 4) is 0 Å². The van der Waals surface area contributed by atoms with Gasteiger partial charge in [-0.3, -0.25) is 14.5 Å². The summed E-state index contributed by atoms with van der Waals surface area (Å²) in [5.74, 6) is 0.812. The fourth-order valence-corrected chi connectivity index (χ4v) is 5.33. The summed E-state index contributed by atoms with van der Waals surface area (Å²) in [6.07, 6.45) is 2.07. The van der Waals surface area contributed by atoms with Crippen LogP contribution in [-0.4, -0.2) is 48.1 Å². The molecule has 1 fully saturated rings. The Morgan fingerprint density at radius 3 is 2.86 bits per heavy atom. The summed E-state index contributed by atoms with van der Waals surface area (Å²) in [7, 11) is 0. The second kappa shape index (κ2) is 7.76. The standard InChI is InChI=1S/C23H28N4O2/c28-22(15-26-9-8-16-4-1-2-5-17(16)14-26)25-13-21-19-10-18(11-24-12-19)20-6-3-7-23(29)27(20)21/h1-7,18-19,21,24H,8-15H2,(H,25,28)/t18-,19+,21+/m1/s1. The van der Waals surface area contributed by atoms with Crippen molar-refractivity contribution in [2.24, 2.45) is 5.92 Å². The Kier molecular flexibility index (Phi) is 4.97. The molecule has 152 valence electrons. The molecule has 0 aliphatic carbocycles. The van der Waals surface area contributed by atoms with Crippen LogP contribution in [0.5, 0.6) is 0 Å². The molecule has 1 aromatic carbocycles. The number of nitrogens with one attached hydrogen (secondary N) is 2. The highest BCUT2D eigenvalue weighted by Gasteiger charge is 2.37. The van der Waals surface area contributed by atoms with Gasteiger partial charge in [0, 0.05) is 50.4 Å². The molecule has 1 aromatic heterocycles. The van der Waals surface area contributed by atoms with Crippen LogP contribution in [-0.2, 0) is 17.8 Å². The number of pyridine rings is 1. The quantitative estimate of drug-likeness (QED) is 0.823. The van der Waals surface area contributed by atoms with Crippen LogP contribution in [0.15, 0.2) is 47.3 Å². The fourth-order valence-electron chi connectivity index (χ4n) is 5.33. The minimum Gasteiger partial charge on any atom is -0.353 e. The lowest BCUT2D eigenvalue weighted by Crippen LogP contribution is -2.51. The number of nitrogens with zero attached hydrogens (tertiary/aromatic N) is 2. The Bertz CT molecular complexity index is 969. The number of aromatic nitrogens is 1. The number of amides is 1. The van der Waals surface area contributed by atoms with E-state index in [1.165, 1.54) is 11.1 Å². The van der Waals surface area contributed by atoms with Crippen LogP contribution in [0.4, 0.5) is 0 Å². The minimum atomic E-state index is 0.0220. The second-order valence-electron chi connectivity index (χ2n) is 8.61. The lowest BCUT2D eigenvalue weighted by Gasteiger charge is -2.43. The number of piperidine rings is 1. The smallest absolute Gasteiger partial charge is 0.251 e. The number of hydrogen-bond acceptors (Lipinski definition) is 4. The molecule has 6 nitrogen and oxygen atoms in total. The predicted molar refractivity (Wildman–Crippen MR) is 112 cm³/mol. The van der Waals surface area contributed by atoms with Crippen LogP contribution in [0.25, 0.3) is 0 Å². The molecule has 2 bridgehead atoms. The van der Waals surface area contributed by atoms with E-state index in [2.05, 4.69) is 45.9 Å². The van der Waals surface area contributed by atoms with Gasteiger partial charge in [-0.05, 0) is 36.0 Å². The lowest BCUT2D eigenvalue weighted by molar-refractivity contribution is -0.122. The molecular formula is C23H28N4O2. The van der Waals surface area contributed by atoms with Gasteiger partial charge in [0.05, 0.1) is 12.6 Å². The van der Waals surface area contributed by atoms with Gasteiger partial charge in [-0.2, -0.15) is 0 Å². The predicted octanol–water partition coefficient (Wildman–Crippen LogP) is 1.27. The highest BCUT2D eigenvalue weighted by Crippen LogP contribution is 2.38. The van der Waals surface area contributed by atoms with Crippen LogP contribution < -0.4 is 16.2 Å². The second-order valence-corrected chi connectivity index (χ2v) is 8.61. The Morgan fingerprint density at radius 1 is 1.10 bits per heavy atom. The van der Waals surface area contributed by atoms with Crippen LogP contribution >= 0.6 is 0 Å². The Hall–Kier alpha value is -2.44.